The summed E-state index contributed by atoms with van der Waals surface area (Å²) in [6.45, 7) is 4.53. The molecule has 0 aliphatic rings. The van der Waals surface area contributed by atoms with Gasteiger partial charge in [-0.05, 0) is 109 Å². The number of hydrogen-bond acceptors (Lipinski definition) is 10. The van der Waals surface area contributed by atoms with Crippen molar-refractivity contribution >= 4 is 25.7 Å². The predicted molar refractivity (Wildman–Crippen MR) is 316 cm³/mol. The van der Waals surface area contributed by atoms with Gasteiger partial charge in [-0.15, -0.1) is 0 Å². The number of phosphoric acid groups is 1. The van der Waals surface area contributed by atoms with Crippen LogP contribution in [0.2, 0.25) is 0 Å². The van der Waals surface area contributed by atoms with Crippen LogP contribution in [0.5, 0.6) is 0 Å². The summed E-state index contributed by atoms with van der Waals surface area (Å²) in [4.78, 5) is 48.6. The number of hydrogen-bond donors (Lipinski definition) is 2. The first-order valence-electron chi connectivity index (χ1n) is 30.8. The highest BCUT2D eigenvalue weighted by Crippen LogP contribution is 2.43. The first-order valence-corrected chi connectivity index (χ1v) is 32.3. The van der Waals surface area contributed by atoms with E-state index in [1.165, 1.54) is 103 Å². The topological polar surface area (TPSA) is 155 Å². The number of unbranched alkanes of at least 4 members (excludes halogenated alkanes) is 28. The zero-order valence-electron chi connectivity index (χ0n) is 48.7. The monoisotopic (exact) mass is 1090 g/mol. The maximum atomic E-state index is 12.9. The molecule has 0 saturated carbocycles. The third-order valence-corrected chi connectivity index (χ3v) is 14.0. The Balaban J connectivity index is 4.73. The molecule has 0 bridgehead atoms. The average Bonchev–Trinajstić information content (AvgIpc) is 3.41. The van der Waals surface area contributed by atoms with Gasteiger partial charge >= 0.3 is 25.7 Å². The Morgan fingerprint density at radius 3 is 1.03 bits per heavy atom. The number of phosphoric ester groups is 1. The standard InChI is InChI=1S/C64H113O11P/c1-4-7-10-13-16-19-22-25-27-29-30-32-33-36-38-41-44-47-50-53-62(66)71-57-61(75-64(68)55-52-49-46-43-40-37-34-31-28-26-23-20-17-14-11-8-5-2)59-73-76(69,70)72-58-60(56-65)74-63(67)54-51-48-45-42-39-35-24-21-18-15-12-9-6-3/h12,15-17,19-21,24-28,60-61,65H,4-11,13-14,18,22-23,29-59H2,1-3H3,(H,69,70)/b15-12-,19-16-,20-17-,24-21-,27-25-,28-26-. The summed E-state index contributed by atoms with van der Waals surface area (Å²) in [5.41, 5.74) is 0. The zero-order chi connectivity index (χ0) is 55.5. The van der Waals surface area contributed by atoms with E-state index in [1.54, 1.807) is 0 Å². The molecule has 0 amide bonds. The number of aliphatic hydroxyl groups excluding tert-OH is 1. The Bertz CT molecular complexity index is 1550. The van der Waals surface area contributed by atoms with Crippen molar-refractivity contribution in [2.75, 3.05) is 26.4 Å². The van der Waals surface area contributed by atoms with Crippen molar-refractivity contribution in [3.8, 4) is 0 Å². The average molecular weight is 1090 g/mol. The third kappa shape index (κ3) is 55.7. The number of aliphatic hydroxyl groups is 1. The molecule has 76 heavy (non-hydrogen) atoms. The second-order valence-electron chi connectivity index (χ2n) is 20.5. The van der Waals surface area contributed by atoms with E-state index in [-0.39, 0.29) is 25.9 Å². The molecule has 12 heteroatoms. The molecule has 2 N–H and O–H groups in total. The molecule has 3 atom stereocenters. The Morgan fingerprint density at radius 1 is 0.368 bits per heavy atom. The lowest BCUT2D eigenvalue weighted by molar-refractivity contribution is -0.161. The number of rotatable bonds is 57. The summed E-state index contributed by atoms with van der Waals surface area (Å²) in [7, 11) is -4.76. The van der Waals surface area contributed by atoms with E-state index in [1.807, 2.05) is 0 Å². The minimum atomic E-state index is -4.76. The molecule has 0 heterocycles. The molecular formula is C64H113O11P. The highest BCUT2D eigenvalue weighted by molar-refractivity contribution is 7.47. The van der Waals surface area contributed by atoms with Crippen molar-refractivity contribution < 1.29 is 52.2 Å². The minimum absolute atomic E-state index is 0.156. The Labute approximate surface area is 465 Å². The normalized spacial score (nSPS) is 13.8. The van der Waals surface area contributed by atoms with E-state index in [4.69, 9.17) is 23.3 Å². The lowest BCUT2D eigenvalue weighted by atomic mass is 10.1. The van der Waals surface area contributed by atoms with Crippen LogP contribution >= 0.6 is 7.82 Å². The van der Waals surface area contributed by atoms with Gasteiger partial charge in [-0.2, -0.15) is 0 Å². The molecule has 0 aromatic carbocycles. The second-order valence-corrected chi connectivity index (χ2v) is 22.0. The van der Waals surface area contributed by atoms with Crippen molar-refractivity contribution in [1.29, 1.82) is 0 Å². The van der Waals surface area contributed by atoms with Crippen molar-refractivity contribution in [3.05, 3.63) is 72.9 Å². The molecule has 0 fully saturated rings. The molecule has 0 radical (unpaired) electrons. The molecule has 11 nitrogen and oxygen atoms in total. The van der Waals surface area contributed by atoms with E-state index in [0.717, 1.165) is 116 Å². The highest BCUT2D eigenvalue weighted by Gasteiger charge is 2.28. The summed E-state index contributed by atoms with van der Waals surface area (Å²) < 4.78 is 39.6. The Morgan fingerprint density at radius 2 is 0.671 bits per heavy atom. The van der Waals surface area contributed by atoms with Gasteiger partial charge in [0.1, 0.15) is 12.7 Å². The fourth-order valence-corrected chi connectivity index (χ4v) is 9.12. The van der Waals surface area contributed by atoms with Gasteiger partial charge in [0, 0.05) is 19.3 Å². The Hall–Kier alpha value is -3.08. The van der Waals surface area contributed by atoms with Crippen molar-refractivity contribution in [2.45, 2.75) is 290 Å². The van der Waals surface area contributed by atoms with Gasteiger partial charge in [0.05, 0.1) is 19.8 Å². The summed E-state index contributed by atoms with van der Waals surface area (Å²) in [5.74, 6) is -1.48. The number of esters is 3. The first-order chi connectivity index (χ1) is 37.2. The van der Waals surface area contributed by atoms with Crippen LogP contribution in [-0.4, -0.2) is 66.5 Å². The molecule has 0 aliphatic carbocycles. The van der Waals surface area contributed by atoms with Crippen LogP contribution < -0.4 is 0 Å². The van der Waals surface area contributed by atoms with Crippen LogP contribution in [0.15, 0.2) is 72.9 Å². The number of ether oxygens (including phenoxy) is 3. The van der Waals surface area contributed by atoms with Crippen LogP contribution in [0, 0.1) is 0 Å². The van der Waals surface area contributed by atoms with Gasteiger partial charge in [0.25, 0.3) is 0 Å². The molecule has 3 unspecified atom stereocenters. The fraction of sp³-hybridized carbons (Fsp3) is 0.766. The molecule has 0 rings (SSSR count). The molecule has 440 valence electrons. The van der Waals surface area contributed by atoms with Crippen LogP contribution in [0.4, 0.5) is 0 Å². The van der Waals surface area contributed by atoms with Gasteiger partial charge in [-0.25, -0.2) is 4.57 Å². The maximum Gasteiger partial charge on any atom is 0.472 e. The van der Waals surface area contributed by atoms with Gasteiger partial charge in [-0.1, -0.05) is 222 Å². The fourth-order valence-electron chi connectivity index (χ4n) is 8.34. The largest absolute Gasteiger partial charge is 0.472 e. The van der Waals surface area contributed by atoms with Crippen LogP contribution in [-0.2, 0) is 42.2 Å². The Kier molecular flexibility index (Phi) is 55.7. The number of allylic oxidation sites excluding steroid dienone is 12. The summed E-state index contributed by atoms with van der Waals surface area (Å²) in [6, 6.07) is 0. The molecule has 0 spiro atoms. The maximum absolute atomic E-state index is 12.9. The van der Waals surface area contributed by atoms with Gasteiger partial charge in [0.2, 0.25) is 0 Å². The van der Waals surface area contributed by atoms with Crippen LogP contribution in [0.1, 0.15) is 278 Å². The molecule has 0 saturated heterocycles. The lowest BCUT2D eigenvalue weighted by Crippen LogP contribution is -2.30. The second kappa shape index (κ2) is 58.1. The van der Waals surface area contributed by atoms with Gasteiger partial charge < -0.3 is 24.2 Å². The van der Waals surface area contributed by atoms with E-state index < -0.39 is 57.8 Å². The molecule has 0 aromatic heterocycles. The van der Waals surface area contributed by atoms with E-state index in [0.29, 0.717) is 19.3 Å². The highest BCUT2D eigenvalue weighted by atomic mass is 31.2. The molecular weight excluding hydrogens is 976 g/mol. The van der Waals surface area contributed by atoms with E-state index in [9.17, 15) is 28.9 Å². The summed E-state index contributed by atoms with van der Waals surface area (Å²) in [6.07, 6.45) is 65.6. The quantitative estimate of drug-likeness (QED) is 0.0197. The smallest absolute Gasteiger partial charge is 0.462 e. The number of carbonyl (C=O) groups is 3. The summed E-state index contributed by atoms with van der Waals surface area (Å²) >= 11 is 0. The van der Waals surface area contributed by atoms with Crippen molar-refractivity contribution in [3.63, 3.8) is 0 Å². The first kappa shape index (κ1) is 72.9. The number of carbonyl (C=O) groups excluding carboxylic acids is 3. The SMILES string of the molecule is CCC/C=C\C/C=C\CCCCCCCC(=O)OC(CO)COP(=O)(O)OCC(COC(=O)CCCCCCCCCCC/C=C\C/C=C\CCCCC)OC(=O)CCCCCCCCC/C=C\C/C=C\CCCCC. The van der Waals surface area contributed by atoms with Crippen LogP contribution in [0.25, 0.3) is 0 Å². The van der Waals surface area contributed by atoms with E-state index >= 15 is 0 Å². The van der Waals surface area contributed by atoms with E-state index in [2.05, 4.69) is 93.7 Å². The van der Waals surface area contributed by atoms with Crippen molar-refractivity contribution in [2.24, 2.45) is 0 Å². The van der Waals surface area contributed by atoms with Crippen LogP contribution in [0.3, 0.4) is 0 Å². The van der Waals surface area contributed by atoms with Gasteiger partial charge in [0.15, 0.2) is 6.10 Å². The zero-order valence-corrected chi connectivity index (χ0v) is 49.6. The third-order valence-electron chi connectivity index (χ3n) is 13.1. The lowest BCUT2D eigenvalue weighted by Gasteiger charge is -2.21. The van der Waals surface area contributed by atoms with Gasteiger partial charge in [-0.3, -0.25) is 23.4 Å². The van der Waals surface area contributed by atoms with Crippen molar-refractivity contribution in [1.82, 2.24) is 0 Å². The predicted octanol–water partition coefficient (Wildman–Crippen LogP) is 18.5. The molecule has 0 aromatic rings. The summed E-state index contributed by atoms with van der Waals surface area (Å²) in [5, 5.41) is 9.82. The minimum Gasteiger partial charge on any atom is -0.462 e. The molecule has 0 aliphatic heterocycles.